The largest absolute Gasteiger partial charge is 0.475 e. The Kier molecular flexibility index (Phi) is 5.77. The second-order valence-corrected chi connectivity index (χ2v) is 4.77. The quantitative estimate of drug-likeness (QED) is 0.497. The number of hydrogen-bond donors (Lipinski definition) is 1. The summed E-state index contributed by atoms with van der Waals surface area (Å²) in [5, 5.41) is 7.75. The lowest BCUT2D eigenvalue weighted by Crippen LogP contribution is -2.07. The van der Waals surface area contributed by atoms with Gasteiger partial charge in [0.05, 0.1) is 0 Å². The first-order chi connectivity index (χ1) is 8.15. The summed E-state index contributed by atoms with van der Waals surface area (Å²) >= 11 is 0.798. The number of rotatable bonds is 5. The fourth-order valence-electron chi connectivity index (χ4n) is 1.52. The van der Waals surface area contributed by atoms with Crippen molar-refractivity contribution in [3.8, 4) is 0 Å². The minimum absolute atomic E-state index is 0.760. The van der Waals surface area contributed by atoms with E-state index in [4.69, 9.17) is 5.11 Å². The third-order valence-electron chi connectivity index (χ3n) is 2.40. The van der Waals surface area contributed by atoms with E-state index in [2.05, 4.69) is 6.92 Å². The molecule has 0 aromatic heterocycles. The molecule has 0 saturated heterocycles. The van der Waals surface area contributed by atoms with Crippen LogP contribution in [-0.4, -0.2) is 16.2 Å². The molecule has 0 spiro atoms. The highest BCUT2D eigenvalue weighted by molar-refractivity contribution is 8.15. The molecule has 0 saturated carbocycles. The van der Waals surface area contributed by atoms with Crippen molar-refractivity contribution in [3.05, 3.63) is 29.8 Å². The number of aliphatic carboxylic acids is 1. The minimum atomic E-state index is -1.39. The third-order valence-corrected chi connectivity index (χ3v) is 3.38. The molecule has 0 unspecified atom stereocenters. The van der Waals surface area contributed by atoms with E-state index in [1.165, 1.54) is 0 Å². The molecule has 1 aromatic rings. The normalized spacial score (nSPS) is 10.2. The molecule has 17 heavy (non-hydrogen) atoms. The van der Waals surface area contributed by atoms with Crippen LogP contribution in [0.3, 0.4) is 0 Å². The van der Waals surface area contributed by atoms with Crippen LogP contribution in [0.2, 0.25) is 0 Å². The Hall–Kier alpha value is -1.29. The Morgan fingerprint density at radius 1 is 1.24 bits per heavy atom. The van der Waals surface area contributed by atoms with Gasteiger partial charge in [0, 0.05) is 4.90 Å². The fraction of sp³-hybridized carbons (Fsp3) is 0.385. The zero-order valence-electron chi connectivity index (χ0n) is 9.81. The smallest absolute Gasteiger partial charge is 0.383 e. The van der Waals surface area contributed by atoms with Crippen LogP contribution in [0.4, 0.5) is 0 Å². The molecular formula is C13H16O3S. The minimum Gasteiger partial charge on any atom is -0.475 e. The molecule has 0 radical (unpaired) electrons. The molecule has 1 aromatic carbocycles. The number of hydrogen-bond acceptors (Lipinski definition) is 3. The van der Waals surface area contributed by atoms with Gasteiger partial charge in [0.15, 0.2) is 0 Å². The van der Waals surface area contributed by atoms with Crippen LogP contribution in [0.15, 0.2) is 29.2 Å². The Labute approximate surface area is 105 Å². The molecule has 0 fully saturated rings. The molecule has 0 atom stereocenters. The molecule has 0 bridgehead atoms. The van der Waals surface area contributed by atoms with Crippen LogP contribution >= 0.6 is 11.8 Å². The molecule has 4 heteroatoms. The van der Waals surface area contributed by atoms with Crippen LogP contribution in [0.1, 0.15) is 31.7 Å². The topological polar surface area (TPSA) is 54.4 Å². The van der Waals surface area contributed by atoms with E-state index >= 15 is 0 Å². The number of carbonyl (C=O) groups is 2. The molecule has 1 N–H and O–H groups in total. The summed E-state index contributed by atoms with van der Waals surface area (Å²) < 4.78 is 0. The van der Waals surface area contributed by atoms with E-state index < -0.39 is 11.1 Å². The molecular weight excluding hydrogens is 236 g/mol. The number of aryl methyl sites for hydroxylation is 1. The maximum Gasteiger partial charge on any atom is 0.383 e. The summed E-state index contributed by atoms with van der Waals surface area (Å²) in [6, 6.07) is 7.48. The van der Waals surface area contributed by atoms with Crippen molar-refractivity contribution in [1.82, 2.24) is 0 Å². The SMILES string of the molecule is CCCCCc1ccccc1SC(=O)C(=O)O. The average molecular weight is 252 g/mol. The monoisotopic (exact) mass is 252 g/mol. The van der Waals surface area contributed by atoms with Crippen molar-refractivity contribution >= 4 is 22.8 Å². The highest BCUT2D eigenvalue weighted by atomic mass is 32.2. The van der Waals surface area contributed by atoms with Crippen molar-refractivity contribution in [3.63, 3.8) is 0 Å². The first-order valence-corrected chi connectivity index (χ1v) is 6.49. The summed E-state index contributed by atoms with van der Waals surface area (Å²) in [5.74, 6) is -1.39. The summed E-state index contributed by atoms with van der Waals surface area (Å²) in [7, 11) is 0. The van der Waals surface area contributed by atoms with Gasteiger partial charge >= 0.3 is 11.1 Å². The maximum absolute atomic E-state index is 11.2. The van der Waals surface area contributed by atoms with Crippen LogP contribution in [0.25, 0.3) is 0 Å². The van der Waals surface area contributed by atoms with E-state index in [1.54, 1.807) is 6.07 Å². The van der Waals surface area contributed by atoms with Gasteiger partial charge in [-0.05, 0) is 36.2 Å². The molecule has 0 aliphatic heterocycles. The van der Waals surface area contributed by atoms with Crippen molar-refractivity contribution in [1.29, 1.82) is 0 Å². The summed E-state index contributed by atoms with van der Waals surface area (Å²) in [6.45, 7) is 2.13. The number of thioether (sulfide) groups is 1. The summed E-state index contributed by atoms with van der Waals surface area (Å²) in [4.78, 5) is 22.4. The maximum atomic E-state index is 11.2. The van der Waals surface area contributed by atoms with E-state index in [-0.39, 0.29) is 0 Å². The first-order valence-electron chi connectivity index (χ1n) is 5.68. The van der Waals surface area contributed by atoms with Gasteiger partial charge in [-0.25, -0.2) is 4.79 Å². The van der Waals surface area contributed by atoms with E-state index in [0.717, 1.165) is 47.9 Å². The molecule has 0 amide bonds. The predicted molar refractivity (Wildman–Crippen MR) is 68.2 cm³/mol. The number of carboxylic acid groups (broad SMARTS) is 1. The summed E-state index contributed by atoms with van der Waals surface area (Å²) in [5.41, 5.74) is 1.06. The highest BCUT2D eigenvalue weighted by Crippen LogP contribution is 2.24. The third kappa shape index (κ3) is 4.61. The van der Waals surface area contributed by atoms with Gasteiger partial charge in [-0.3, -0.25) is 4.79 Å². The van der Waals surface area contributed by atoms with Gasteiger partial charge in [0.2, 0.25) is 0 Å². The fourth-order valence-corrected chi connectivity index (χ4v) is 2.25. The van der Waals surface area contributed by atoms with E-state index in [1.807, 2.05) is 18.2 Å². The number of carboxylic acids is 1. The lowest BCUT2D eigenvalue weighted by atomic mass is 10.1. The van der Waals surface area contributed by atoms with Gasteiger partial charge in [-0.2, -0.15) is 0 Å². The van der Waals surface area contributed by atoms with E-state index in [0.29, 0.717) is 0 Å². The number of benzene rings is 1. The highest BCUT2D eigenvalue weighted by Gasteiger charge is 2.15. The molecule has 0 heterocycles. The second-order valence-electron chi connectivity index (χ2n) is 3.76. The van der Waals surface area contributed by atoms with Crippen molar-refractivity contribution in [2.45, 2.75) is 37.5 Å². The first kappa shape index (κ1) is 13.8. The van der Waals surface area contributed by atoms with E-state index in [9.17, 15) is 9.59 Å². The van der Waals surface area contributed by atoms with Crippen LogP contribution in [0.5, 0.6) is 0 Å². The van der Waals surface area contributed by atoms with Crippen LogP contribution < -0.4 is 0 Å². The van der Waals surface area contributed by atoms with Crippen molar-refractivity contribution in [2.24, 2.45) is 0 Å². The number of unbranched alkanes of at least 4 members (excludes halogenated alkanes) is 2. The number of carbonyl (C=O) groups excluding carboxylic acids is 1. The van der Waals surface area contributed by atoms with Gasteiger partial charge in [0.1, 0.15) is 0 Å². The second kappa shape index (κ2) is 7.12. The Morgan fingerprint density at radius 3 is 2.59 bits per heavy atom. The van der Waals surface area contributed by atoms with Crippen molar-refractivity contribution < 1.29 is 14.7 Å². The van der Waals surface area contributed by atoms with Crippen molar-refractivity contribution in [2.75, 3.05) is 0 Å². The van der Waals surface area contributed by atoms with Gasteiger partial charge < -0.3 is 5.11 Å². The molecule has 3 nitrogen and oxygen atoms in total. The average Bonchev–Trinajstić information content (AvgIpc) is 2.31. The zero-order chi connectivity index (χ0) is 12.7. The Bertz CT molecular complexity index is 401. The van der Waals surface area contributed by atoms with Gasteiger partial charge in [-0.1, -0.05) is 38.0 Å². The zero-order valence-corrected chi connectivity index (χ0v) is 10.6. The van der Waals surface area contributed by atoms with Crippen LogP contribution in [-0.2, 0) is 16.0 Å². The standard InChI is InChI=1S/C13H16O3S/c1-2-3-4-7-10-8-5-6-9-11(10)17-13(16)12(14)15/h5-6,8-9H,2-4,7H2,1H3,(H,14,15). The summed E-state index contributed by atoms with van der Waals surface area (Å²) in [6.07, 6.45) is 4.24. The molecule has 0 aliphatic carbocycles. The van der Waals surface area contributed by atoms with Gasteiger partial charge in [-0.15, -0.1) is 0 Å². The lowest BCUT2D eigenvalue weighted by molar-refractivity contribution is -0.144. The lowest BCUT2D eigenvalue weighted by Gasteiger charge is -2.06. The molecule has 92 valence electrons. The molecule has 0 aliphatic rings. The predicted octanol–water partition coefficient (Wildman–Crippen LogP) is 3.12. The Balaban J connectivity index is 2.70. The Morgan fingerprint density at radius 2 is 1.94 bits per heavy atom. The van der Waals surface area contributed by atoms with Crippen LogP contribution in [0, 0.1) is 0 Å². The van der Waals surface area contributed by atoms with Gasteiger partial charge in [0.25, 0.3) is 0 Å². The molecule has 1 rings (SSSR count).